The van der Waals surface area contributed by atoms with Gasteiger partial charge in [-0.05, 0) is 0 Å². The minimum absolute atomic E-state index is 0. The first kappa shape index (κ1) is 37.4. The average molecular weight is 566 g/mol. The van der Waals surface area contributed by atoms with Crippen LogP contribution in [-0.2, 0) is 36.4 Å². The van der Waals surface area contributed by atoms with Gasteiger partial charge >= 0.3 is 94.7 Å². The van der Waals surface area contributed by atoms with Gasteiger partial charge in [-0.2, -0.15) is 0 Å². The van der Waals surface area contributed by atoms with Crippen molar-refractivity contribution >= 4 is 35.4 Å². The second kappa shape index (κ2) is 14.4. The molecule has 0 saturated carbocycles. The number of amides is 3. The smallest absolute Gasteiger partial charge is 0.756 e. The third kappa shape index (κ3) is 11.2. The Kier molecular flexibility index (Phi) is 16.3. The Morgan fingerprint density at radius 2 is 1.61 bits per heavy atom. The summed E-state index contributed by atoms with van der Waals surface area (Å²) >= 11 is 0. The number of aliphatic hydroxyl groups is 2. The van der Waals surface area contributed by atoms with E-state index in [1.165, 1.54) is 7.05 Å². The molecule has 2 fully saturated rings. The maximum absolute atomic E-state index is 12.0. The summed E-state index contributed by atoms with van der Waals surface area (Å²) in [6.45, 7) is -1.31. The summed E-state index contributed by atoms with van der Waals surface area (Å²) in [6, 6.07) is -0.705. The summed E-state index contributed by atoms with van der Waals surface area (Å²) in [7, 11) is -16.5. The third-order valence-corrected chi connectivity index (χ3v) is 7.67. The average Bonchev–Trinajstić information content (AvgIpc) is 2.81. The van der Waals surface area contributed by atoms with Crippen molar-refractivity contribution in [3.63, 3.8) is 0 Å². The molecule has 0 aromatic rings. The SMILES string of the molecule is CN1CC([C@@H]2O[C@H](COP(=O)([O-])OP(=O)([O-])OP(=O)([O-])O)[C@@H](O)[C@H]2O)C(=O)NC1=O.[Na+].[Na+].[Na+]. The van der Waals surface area contributed by atoms with Crippen molar-refractivity contribution < 1.29 is 160 Å². The van der Waals surface area contributed by atoms with Gasteiger partial charge in [0, 0.05) is 13.6 Å². The van der Waals surface area contributed by atoms with Crippen LogP contribution >= 0.6 is 23.5 Å². The van der Waals surface area contributed by atoms with Gasteiger partial charge in [0.25, 0.3) is 23.5 Å². The van der Waals surface area contributed by atoms with Gasteiger partial charge in [0.1, 0.15) is 18.3 Å². The van der Waals surface area contributed by atoms with Gasteiger partial charge in [0.15, 0.2) is 0 Å². The number of nitrogens with one attached hydrogen (secondary N) is 1. The number of ether oxygens (including phenoxy) is 1. The van der Waals surface area contributed by atoms with Gasteiger partial charge < -0.3 is 43.9 Å². The van der Waals surface area contributed by atoms with Crippen molar-refractivity contribution in [1.82, 2.24) is 10.2 Å². The van der Waals surface area contributed by atoms with Crippen molar-refractivity contribution in [3.8, 4) is 0 Å². The number of phosphoric acid groups is 3. The molecule has 23 heteroatoms. The van der Waals surface area contributed by atoms with Crippen LogP contribution in [0.25, 0.3) is 0 Å². The van der Waals surface area contributed by atoms with E-state index in [-0.39, 0.29) is 95.2 Å². The van der Waals surface area contributed by atoms with E-state index in [4.69, 9.17) is 9.63 Å². The number of nitrogens with zero attached hydrogens (tertiary/aromatic N) is 1. The fourth-order valence-corrected chi connectivity index (χ4v) is 5.60. The van der Waals surface area contributed by atoms with E-state index in [0.717, 1.165) is 4.90 Å². The van der Waals surface area contributed by atoms with E-state index in [0.29, 0.717) is 0 Å². The standard InChI is InChI=1S/C10H19N2O15P3.3Na/c1-12-2-4(9(15)11-10(12)16)8-7(14)6(13)5(25-8)3-24-29(20,21)27-30(22,23)26-28(17,18)19;;;/h4-8,13-14H,2-3H2,1H3,(H,20,21)(H,22,23)(H,11,15,16)(H2,17,18,19);;;/q;3*+1/p-3/t4?,5-,6-,7-,8+;;;/m1.../s1. The molecular formula is C10H16N2Na3O15P3. The Morgan fingerprint density at radius 1 is 1.06 bits per heavy atom. The Labute approximate surface area is 253 Å². The van der Waals surface area contributed by atoms with Crippen LogP contribution in [0.1, 0.15) is 0 Å². The number of urea groups is 1. The predicted molar refractivity (Wildman–Crippen MR) is 83.5 cm³/mol. The molecule has 0 aromatic heterocycles. The van der Waals surface area contributed by atoms with Crippen LogP contribution in [0.15, 0.2) is 0 Å². The summed E-state index contributed by atoms with van der Waals surface area (Å²) in [5, 5.41) is 22.1. The maximum Gasteiger partial charge on any atom is 1.00 e. The largest absolute Gasteiger partial charge is 1.00 e. The summed E-state index contributed by atoms with van der Waals surface area (Å²) < 4.78 is 49.0. The Hall–Kier alpha value is 2.23. The Bertz CT molecular complexity index is 844. The molecule has 4 unspecified atom stereocenters. The summed E-state index contributed by atoms with van der Waals surface area (Å²) in [5.74, 6) is -1.95. The van der Waals surface area contributed by atoms with E-state index in [1.54, 1.807) is 0 Å². The van der Waals surface area contributed by atoms with Crippen LogP contribution in [0.2, 0.25) is 0 Å². The van der Waals surface area contributed by atoms with Crippen molar-refractivity contribution in [3.05, 3.63) is 0 Å². The fourth-order valence-electron chi connectivity index (χ4n) is 2.71. The molecule has 2 aliphatic heterocycles. The second-order valence-corrected chi connectivity index (χ2v) is 10.5. The Morgan fingerprint density at radius 3 is 2.12 bits per heavy atom. The monoisotopic (exact) mass is 566 g/mol. The van der Waals surface area contributed by atoms with Crippen LogP contribution in [0.4, 0.5) is 4.79 Å². The molecule has 2 rings (SSSR count). The molecule has 174 valence electrons. The van der Waals surface area contributed by atoms with E-state index in [9.17, 15) is 48.2 Å². The fraction of sp³-hybridized carbons (Fsp3) is 0.800. The first-order valence-electron chi connectivity index (χ1n) is 7.82. The maximum atomic E-state index is 12.0. The van der Waals surface area contributed by atoms with E-state index >= 15 is 0 Å². The van der Waals surface area contributed by atoms with Gasteiger partial charge in [-0.1, -0.05) is 0 Å². The summed E-state index contributed by atoms with van der Waals surface area (Å²) in [6.07, 6.45) is -6.48. The van der Waals surface area contributed by atoms with Crippen LogP contribution < -0.4 is 109 Å². The zero-order valence-corrected chi connectivity index (χ0v) is 26.5. The molecule has 2 saturated heterocycles. The molecule has 2 aliphatic rings. The van der Waals surface area contributed by atoms with Crippen molar-refractivity contribution in [2.24, 2.45) is 5.92 Å². The molecule has 8 atom stereocenters. The van der Waals surface area contributed by atoms with Crippen molar-refractivity contribution in [2.75, 3.05) is 20.2 Å². The number of hydrogen-bond donors (Lipinski definition) is 4. The molecule has 0 aromatic carbocycles. The minimum atomic E-state index is -6.10. The number of rotatable bonds is 8. The quantitative estimate of drug-likeness (QED) is 0.157. The van der Waals surface area contributed by atoms with Gasteiger partial charge in [-0.3, -0.25) is 23.8 Å². The minimum Gasteiger partial charge on any atom is -0.756 e. The van der Waals surface area contributed by atoms with Crippen molar-refractivity contribution in [1.29, 1.82) is 0 Å². The summed E-state index contributed by atoms with van der Waals surface area (Å²) in [5.41, 5.74) is 0. The molecule has 33 heavy (non-hydrogen) atoms. The molecule has 0 radical (unpaired) electrons. The number of aliphatic hydroxyl groups excluding tert-OH is 2. The molecule has 0 aliphatic carbocycles. The van der Waals surface area contributed by atoms with E-state index in [2.05, 4.69) is 13.1 Å². The van der Waals surface area contributed by atoms with Crippen molar-refractivity contribution in [2.45, 2.75) is 24.4 Å². The molecular weight excluding hydrogens is 550 g/mol. The molecule has 0 spiro atoms. The number of imide groups is 1. The normalized spacial score (nSPS) is 32.7. The number of phosphoric ester groups is 1. The van der Waals surface area contributed by atoms with E-state index < -0.39 is 72.3 Å². The number of carbonyl (C=O) groups is 2. The van der Waals surface area contributed by atoms with Gasteiger partial charge in [0.05, 0.1) is 18.6 Å². The molecule has 3 amide bonds. The third-order valence-electron chi connectivity index (χ3n) is 3.98. The summed E-state index contributed by atoms with van der Waals surface area (Å²) in [4.78, 5) is 65.8. The zero-order chi connectivity index (χ0) is 23.1. The molecule has 0 bridgehead atoms. The van der Waals surface area contributed by atoms with Gasteiger partial charge in [0.2, 0.25) is 5.91 Å². The Balaban J connectivity index is 0. The number of carbonyl (C=O) groups excluding carboxylic acids is 2. The van der Waals surface area contributed by atoms with Crippen LogP contribution in [0, 0.1) is 5.92 Å². The topological polar surface area (TPSA) is 267 Å². The van der Waals surface area contributed by atoms with Gasteiger partial charge in [-0.15, -0.1) is 0 Å². The van der Waals surface area contributed by atoms with Crippen LogP contribution in [0.3, 0.4) is 0 Å². The second-order valence-electron chi connectivity index (χ2n) is 6.22. The first-order valence-corrected chi connectivity index (χ1v) is 12.2. The van der Waals surface area contributed by atoms with Crippen LogP contribution in [0.5, 0.6) is 0 Å². The zero-order valence-electron chi connectivity index (χ0n) is 17.8. The van der Waals surface area contributed by atoms with E-state index in [1.807, 2.05) is 5.32 Å². The first-order chi connectivity index (χ1) is 13.5. The number of hydrogen-bond acceptors (Lipinski definition) is 14. The van der Waals surface area contributed by atoms with Crippen LogP contribution in [-0.4, -0.2) is 76.6 Å². The molecule has 17 nitrogen and oxygen atoms in total. The molecule has 2 heterocycles. The predicted octanol–water partition coefficient (Wildman–Crippen LogP) is -13.3. The molecule has 4 N–H and O–H groups in total. The van der Waals surface area contributed by atoms with Gasteiger partial charge in [-0.25, -0.2) is 13.4 Å².